The number of nitrogens with zero attached hydrogens (tertiary/aromatic N) is 1. The molecule has 0 spiro atoms. The highest BCUT2D eigenvalue weighted by atomic mass is 16.5. The Labute approximate surface area is 112 Å². The van der Waals surface area contributed by atoms with E-state index in [2.05, 4.69) is 5.32 Å². The maximum absolute atomic E-state index is 11.9. The molecule has 1 aliphatic heterocycles. The van der Waals surface area contributed by atoms with E-state index in [0.29, 0.717) is 32.7 Å². The summed E-state index contributed by atoms with van der Waals surface area (Å²) in [6.45, 7) is 1.62. The molecule has 0 aliphatic carbocycles. The zero-order valence-electron chi connectivity index (χ0n) is 11.4. The SMILES string of the molecule is COCCCC(NC(=O)N(C)C1CCOC1)C(=O)O. The second-order valence-corrected chi connectivity index (χ2v) is 4.60. The van der Waals surface area contributed by atoms with Gasteiger partial charge in [0.25, 0.3) is 0 Å². The van der Waals surface area contributed by atoms with Gasteiger partial charge in [0.1, 0.15) is 6.04 Å². The highest BCUT2D eigenvalue weighted by Crippen LogP contribution is 2.11. The number of likely N-dealkylation sites (N-methyl/N-ethyl adjacent to an activating group) is 1. The first-order valence-electron chi connectivity index (χ1n) is 6.39. The van der Waals surface area contributed by atoms with Crippen LogP contribution in [0.5, 0.6) is 0 Å². The molecular weight excluding hydrogens is 252 g/mol. The largest absolute Gasteiger partial charge is 0.480 e. The highest BCUT2D eigenvalue weighted by molar-refractivity contribution is 5.82. The molecule has 2 atom stereocenters. The van der Waals surface area contributed by atoms with Gasteiger partial charge in [-0.25, -0.2) is 9.59 Å². The molecule has 110 valence electrons. The Morgan fingerprint density at radius 1 is 1.58 bits per heavy atom. The van der Waals surface area contributed by atoms with E-state index in [9.17, 15) is 9.59 Å². The van der Waals surface area contributed by atoms with Crippen molar-refractivity contribution in [1.82, 2.24) is 10.2 Å². The monoisotopic (exact) mass is 274 g/mol. The fourth-order valence-electron chi connectivity index (χ4n) is 1.93. The van der Waals surface area contributed by atoms with Gasteiger partial charge in [-0.1, -0.05) is 0 Å². The molecule has 0 aromatic rings. The molecule has 7 nitrogen and oxygen atoms in total. The molecule has 2 amide bonds. The summed E-state index contributed by atoms with van der Waals surface area (Å²) in [4.78, 5) is 24.5. The average molecular weight is 274 g/mol. The molecule has 0 radical (unpaired) electrons. The molecule has 1 rings (SSSR count). The second-order valence-electron chi connectivity index (χ2n) is 4.60. The Morgan fingerprint density at radius 2 is 2.32 bits per heavy atom. The van der Waals surface area contributed by atoms with Gasteiger partial charge in [0.15, 0.2) is 0 Å². The zero-order valence-corrected chi connectivity index (χ0v) is 11.4. The van der Waals surface area contributed by atoms with Crippen molar-refractivity contribution in [2.24, 2.45) is 0 Å². The van der Waals surface area contributed by atoms with Gasteiger partial charge in [-0.2, -0.15) is 0 Å². The number of carboxylic acid groups (broad SMARTS) is 1. The summed E-state index contributed by atoms with van der Waals surface area (Å²) < 4.78 is 10.1. The van der Waals surface area contributed by atoms with Crippen LogP contribution in [0, 0.1) is 0 Å². The Balaban J connectivity index is 2.43. The first kappa shape index (κ1) is 15.7. The van der Waals surface area contributed by atoms with E-state index in [1.807, 2.05) is 0 Å². The van der Waals surface area contributed by atoms with E-state index in [0.717, 1.165) is 6.42 Å². The number of rotatable bonds is 7. The quantitative estimate of drug-likeness (QED) is 0.652. The summed E-state index contributed by atoms with van der Waals surface area (Å²) in [5.41, 5.74) is 0. The molecule has 1 heterocycles. The number of ether oxygens (including phenoxy) is 2. The van der Waals surface area contributed by atoms with Crippen molar-refractivity contribution in [3.63, 3.8) is 0 Å². The summed E-state index contributed by atoms with van der Waals surface area (Å²) in [7, 11) is 3.21. The van der Waals surface area contributed by atoms with Crippen molar-refractivity contribution >= 4 is 12.0 Å². The van der Waals surface area contributed by atoms with Crippen molar-refractivity contribution in [3.8, 4) is 0 Å². The van der Waals surface area contributed by atoms with Gasteiger partial charge in [-0.3, -0.25) is 0 Å². The van der Waals surface area contributed by atoms with Gasteiger partial charge in [0.05, 0.1) is 12.6 Å². The third-order valence-electron chi connectivity index (χ3n) is 3.21. The van der Waals surface area contributed by atoms with Gasteiger partial charge in [0, 0.05) is 27.4 Å². The van der Waals surface area contributed by atoms with Crippen molar-refractivity contribution in [1.29, 1.82) is 0 Å². The molecule has 2 unspecified atom stereocenters. The number of urea groups is 1. The molecule has 1 aliphatic rings. The summed E-state index contributed by atoms with van der Waals surface area (Å²) >= 11 is 0. The predicted molar refractivity (Wildman–Crippen MR) is 68.1 cm³/mol. The maximum Gasteiger partial charge on any atom is 0.326 e. The lowest BCUT2D eigenvalue weighted by Gasteiger charge is -2.25. The smallest absolute Gasteiger partial charge is 0.326 e. The molecule has 0 aromatic heterocycles. The fraction of sp³-hybridized carbons (Fsp3) is 0.833. The normalized spacial score (nSPS) is 20.0. The van der Waals surface area contributed by atoms with E-state index >= 15 is 0 Å². The van der Waals surface area contributed by atoms with Gasteiger partial charge < -0.3 is 24.8 Å². The minimum absolute atomic E-state index is 0.0217. The number of methoxy groups -OCH3 is 1. The third kappa shape index (κ3) is 5.04. The van der Waals surface area contributed by atoms with Crippen LogP contribution in [0.1, 0.15) is 19.3 Å². The Bertz CT molecular complexity index is 304. The van der Waals surface area contributed by atoms with E-state index < -0.39 is 12.0 Å². The van der Waals surface area contributed by atoms with E-state index in [1.165, 1.54) is 4.90 Å². The van der Waals surface area contributed by atoms with Crippen LogP contribution in [-0.4, -0.2) is 68.1 Å². The van der Waals surface area contributed by atoms with Crippen molar-refractivity contribution in [2.75, 3.05) is 34.0 Å². The second kappa shape index (κ2) is 7.96. The van der Waals surface area contributed by atoms with Gasteiger partial charge in [-0.15, -0.1) is 0 Å². The van der Waals surface area contributed by atoms with Crippen molar-refractivity contribution in [3.05, 3.63) is 0 Å². The lowest BCUT2D eigenvalue weighted by atomic mass is 10.1. The zero-order chi connectivity index (χ0) is 14.3. The number of aliphatic carboxylic acids is 1. The van der Waals surface area contributed by atoms with Crippen LogP contribution in [-0.2, 0) is 14.3 Å². The molecule has 19 heavy (non-hydrogen) atoms. The third-order valence-corrected chi connectivity index (χ3v) is 3.21. The Kier molecular flexibility index (Phi) is 6.58. The van der Waals surface area contributed by atoms with Crippen LogP contribution < -0.4 is 5.32 Å². The molecule has 2 N–H and O–H groups in total. The fourth-order valence-corrected chi connectivity index (χ4v) is 1.93. The standard InChI is InChI=1S/C12H22N2O5/c1-14(9-5-7-19-8-9)12(17)13-10(11(15)16)4-3-6-18-2/h9-10H,3-8H2,1-2H3,(H,13,17)(H,15,16). The minimum atomic E-state index is -1.03. The number of carboxylic acids is 1. The summed E-state index contributed by atoms with van der Waals surface area (Å²) in [6, 6.07) is -1.24. The maximum atomic E-state index is 11.9. The molecular formula is C12H22N2O5. The van der Waals surface area contributed by atoms with Crippen molar-refractivity contribution in [2.45, 2.75) is 31.3 Å². The first-order valence-corrected chi connectivity index (χ1v) is 6.39. The number of hydrogen-bond acceptors (Lipinski definition) is 4. The van der Waals surface area contributed by atoms with Gasteiger partial charge >= 0.3 is 12.0 Å². The Hall–Kier alpha value is -1.34. The number of carbonyl (C=O) groups is 2. The number of amides is 2. The number of carbonyl (C=O) groups excluding carboxylic acids is 1. The van der Waals surface area contributed by atoms with Crippen LogP contribution in [0.25, 0.3) is 0 Å². The lowest BCUT2D eigenvalue weighted by Crippen LogP contribution is -2.50. The number of nitrogens with one attached hydrogen (secondary N) is 1. The number of hydrogen-bond donors (Lipinski definition) is 2. The van der Waals surface area contributed by atoms with Crippen LogP contribution in [0.15, 0.2) is 0 Å². The molecule has 7 heteroatoms. The lowest BCUT2D eigenvalue weighted by molar-refractivity contribution is -0.139. The van der Waals surface area contributed by atoms with E-state index in [-0.39, 0.29) is 12.1 Å². The van der Waals surface area contributed by atoms with Gasteiger partial charge in [0.2, 0.25) is 0 Å². The summed E-state index contributed by atoms with van der Waals surface area (Å²) in [5, 5.41) is 11.6. The topological polar surface area (TPSA) is 88.1 Å². The molecule has 0 bridgehead atoms. The summed E-state index contributed by atoms with van der Waals surface area (Å²) in [6.07, 6.45) is 1.72. The van der Waals surface area contributed by atoms with Crippen LogP contribution in [0.3, 0.4) is 0 Å². The molecule has 0 saturated carbocycles. The molecule has 1 fully saturated rings. The molecule has 0 aromatic carbocycles. The van der Waals surface area contributed by atoms with Gasteiger partial charge in [-0.05, 0) is 19.3 Å². The van der Waals surface area contributed by atoms with Crippen LogP contribution in [0.2, 0.25) is 0 Å². The molecule has 1 saturated heterocycles. The van der Waals surface area contributed by atoms with Crippen LogP contribution >= 0.6 is 0 Å². The van der Waals surface area contributed by atoms with E-state index in [4.69, 9.17) is 14.6 Å². The van der Waals surface area contributed by atoms with Crippen LogP contribution in [0.4, 0.5) is 4.79 Å². The van der Waals surface area contributed by atoms with Crippen molar-refractivity contribution < 1.29 is 24.2 Å². The minimum Gasteiger partial charge on any atom is -0.480 e. The highest BCUT2D eigenvalue weighted by Gasteiger charge is 2.27. The first-order chi connectivity index (χ1) is 9.06. The predicted octanol–water partition coefficient (Wildman–Crippen LogP) is 0.297. The Morgan fingerprint density at radius 3 is 2.84 bits per heavy atom. The van der Waals surface area contributed by atoms with E-state index in [1.54, 1.807) is 14.2 Å². The summed E-state index contributed by atoms with van der Waals surface area (Å²) in [5.74, 6) is -1.03. The average Bonchev–Trinajstić information content (AvgIpc) is 2.90.